The SMILES string of the molecule is c1ccc(CCn2cnnc2Cn2ccnc2-c2cc3n(n2)CCNC3)cc1. The zero-order valence-corrected chi connectivity index (χ0v) is 15.6. The second kappa shape index (κ2) is 7.40. The lowest BCUT2D eigenvalue weighted by Gasteiger charge is -2.13. The molecule has 1 aliphatic rings. The fourth-order valence-corrected chi connectivity index (χ4v) is 3.61. The highest BCUT2D eigenvalue weighted by Gasteiger charge is 2.17. The largest absolute Gasteiger partial charge is 0.322 e. The minimum absolute atomic E-state index is 0.616. The van der Waals surface area contributed by atoms with Crippen molar-refractivity contribution in [1.82, 2.24) is 39.4 Å². The monoisotopic (exact) mass is 374 g/mol. The van der Waals surface area contributed by atoms with Crippen LogP contribution < -0.4 is 5.32 Å². The molecule has 28 heavy (non-hydrogen) atoms. The van der Waals surface area contributed by atoms with Crippen LogP contribution in [0, 0.1) is 0 Å². The topological polar surface area (TPSA) is 78.4 Å². The van der Waals surface area contributed by atoms with Crippen molar-refractivity contribution < 1.29 is 0 Å². The summed E-state index contributed by atoms with van der Waals surface area (Å²) in [6.07, 6.45) is 6.54. The van der Waals surface area contributed by atoms with Gasteiger partial charge in [-0.3, -0.25) is 4.68 Å². The van der Waals surface area contributed by atoms with Gasteiger partial charge in [0.15, 0.2) is 11.6 Å². The third-order valence-corrected chi connectivity index (χ3v) is 5.11. The molecule has 8 nitrogen and oxygen atoms in total. The van der Waals surface area contributed by atoms with Crippen LogP contribution >= 0.6 is 0 Å². The number of benzene rings is 1. The number of hydrogen-bond acceptors (Lipinski definition) is 5. The predicted molar refractivity (Wildman–Crippen MR) is 104 cm³/mol. The van der Waals surface area contributed by atoms with E-state index >= 15 is 0 Å². The summed E-state index contributed by atoms with van der Waals surface area (Å²) in [6, 6.07) is 12.6. The van der Waals surface area contributed by atoms with E-state index in [0.717, 1.165) is 49.9 Å². The Morgan fingerprint density at radius 2 is 2.04 bits per heavy atom. The van der Waals surface area contributed by atoms with Crippen molar-refractivity contribution in [3.63, 3.8) is 0 Å². The summed E-state index contributed by atoms with van der Waals surface area (Å²) >= 11 is 0. The first-order chi connectivity index (χ1) is 13.9. The van der Waals surface area contributed by atoms with Crippen LogP contribution in [-0.2, 0) is 32.6 Å². The van der Waals surface area contributed by atoms with E-state index < -0.39 is 0 Å². The Labute approximate surface area is 162 Å². The van der Waals surface area contributed by atoms with Gasteiger partial charge >= 0.3 is 0 Å². The van der Waals surface area contributed by atoms with Gasteiger partial charge in [0, 0.05) is 32.0 Å². The minimum Gasteiger partial charge on any atom is -0.322 e. The first kappa shape index (κ1) is 16.9. The number of aromatic nitrogens is 7. The van der Waals surface area contributed by atoms with Gasteiger partial charge in [-0.05, 0) is 18.1 Å². The van der Waals surface area contributed by atoms with Crippen molar-refractivity contribution in [2.24, 2.45) is 0 Å². The van der Waals surface area contributed by atoms with Gasteiger partial charge in [0.05, 0.1) is 18.8 Å². The van der Waals surface area contributed by atoms with Gasteiger partial charge in [-0.25, -0.2) is 4.98 Å². The number of nitrogens with one attached hydrogen (secondary N) is 1. The molecule has 3 aromatic heterocycles. The molecule has 5 rings (SSSR count). The molecule has 0 saturated carbocycles. The molecular weight excluding hydrogens is 352 g/mol. The summed E-state index contributed by atoms with van der Waals surface area (Å²) in [5.41, 5.74) is 3.41. The maximum Gasteiger partial charge on any atom is 0.160 e. The van der Waals surface area contributed by atoms with E-state index in [9.17, 15) is 0 Å². The predicted octanol–water partition coefficient (Wildman–Crippen LogP) is 1.73. The number of aryl methyl sites for hydroxylation is 2. The Bertz CT molecular complexity index is 1040. The maximum atomic E-state index is 4.73. The Balaban J connectivity index is 1.35. The molecule has 1 aromatic carbocycles. The van der Waals surface area contributed by atoms with Gasteiger partial charge in [-0.1, -0.05) is 30.3 Å². The van der Waals surface area contributed by atoms with E-state index in [-0.39, 0.29) is 0 Å². The van der Waals surface area contributed by atoms with Crippen LogP contribution in [-0.4, -0.2) is 40.6 Å². The van der Waals surface area contributed by atoms with Gasteiger partial charge in [0.1, 0.15) is 12.0 Å². The van der Waals surface area contributed by atoms with Gasteiger partial charge in [0.25, 0.3) is 0 Å². The molecule has 0 unspecified atom stereocenters. The van der Waals surface area contributed by atoms with Crippen LogP contribution in [0.1, 0.15) is 17.1 Å². The van der Waals surface area contributed by atoms with Crippen molar-refractivity contribution in [3.8, 4) is 11.5 Å². The molecule has 0 atom stereocenters. The summed E-state index contributed by atoms with van der Waals surface area (Å²) in [5, 5.41) is 16.6. The Morgan fingerprint density at radius 1 is 1.11 bits per heavy atom. The molecule has 1 aliphatic heterocycles. The zero-order valence-electron chi connectivity index (χ0n) is 15.6. The van der Waals surface area contributed by atoms with Crippen LogP contribution in [0.2, 0.25) is 0 Å². The highest BCUT2D eigenvalue weighted by Crippen LogP contribution is 2.19. The Morgan fingerprint density at radius 3 is 2.93 bits per heavy atom. The van der Waals surface area contributed by atoms with Crippen molar-refractivity contribution in [3.05, 3.63) is 72.2 Å². The van der Waals surface area contributed by atoms with Gasteiger partial charge < -0.3 is 14.5 Å². The van der Waals surface area contributed by atoms with Crippen LogP contribution in [0.4, 0.5) is 0 Å². The molecule has 0 saturated heterocycles. The standard InChI is InChI=1S/C20H22N8/c1-2-4-16(5-3-1)6-9-27-15-23-24-19(27)14-26-10-8-22-20(26)18-12-17-13-21-7-11-28(17)25-18/h1-5,8,10,12,15,21H,6-7,9,11,13-14H2. The average Bonchev–Trinajstić information content (AvgIpc) is 3.47. The molecule has 4 heterocycles. The lowest BCUT2D eigenvalue weighted by molar-refractivity contribution is 0.476. The van der Waals surface area contributed by atoms with E-state index in [4.69, 9.17) is 5.10 Å². The van der Waals surface area contributed by atoms with Crippen LogP contribution in [0.5, 0.6) is 0 Å². The van der Waals surface area contributed by atoms with Crippen molar-refractivity contribution in [1.29, 1.82) is 0 Å². The zero-order chi connectivity index (χ0) is 18.8. The van der Waals surface area contributed by atoms with E-state index in [0.29, 0.717) is 6.54 Å². The molecule has 142 valence electrons. The fraction of sp³-hybridized carbons (Fsp3) is 0.300. The van der Waals surface area contributed by atoms with Crippen LogP contribution in [0.15, 0.2) is 55.1 Å². The number of rotatable bonds is 6. The quantitative estimate of drug-likeness (QED) is 0.556. The minimum atomic E-state index is 0.616. The molecule has 0 aliphatic carbocycles. The van der Waals surface area contributed by atoms with Crippen LogP contribution in [0.25, 0.3) is 11.5 Å². The highest BCUT2D eigenvalue weighted by atomic mass is 15.3. The van der Waals surface area contributed by atoms with Gasteiger partial charge in [-0.15, -0.1) is 10.2 Å². The second-order valence-electron chi connectivity index (χ2n) is 6.98. The summed E-state index contributed by atoms with van der Waals surface area (Å²) in [5.74, 6) is 1.78. The van der Waals surface area contributed by atoms with Crippen LogP contribution in [0.3, 0.4) is 0 Å². The van der Waals surface area contributed by atoms with Crippen molar-refractivity contribution >= 4 is 0 Å². The molecule has 0 amide bonds. The Hall–Kier alpha value is -3.26. The van der Waals surface area contributed by atoms with Crippen molar-refractivity contribution in [2.75, 3.05) is 6.54 Å². The number of imidazole rings is 1. The normalized spacial score (nSPS) is 13.6. The second-order valence-corrected chi connectivity index (χ2v) is 6.98. The van der Waals surface area contributed by atoms with E-state index in [1.54, 1.807) is 6.33 Å². The molecule has 4 aromatic rings. The van der Waals surface area contributed by atoms with E-state index in [1.165, 1.54) is 11.3 Å². The maximum absolute atomic E-state index is 4.73. The van der Waals surface area contributed by atoms with Crippen molar-refractivity contribution in [2.45, 2.75) is 32.6 Å². The first-order valence-corrected chi connectivity index (χ1v) is 9.56. The first-order valence-electron chi connectivity index (χ1n) is 9.56. The number of hydrogen-bond donors (Lipinski definition) is 1. The third kappa shape index (κ3) is 3.34. The summed E-state index contributed by atoms with van der Waals surface area (Å²) in [7, 11) is 0. The lowest BCUT2D eigenvalue weighted by atomic mass is 10.1. The van der Waals surface area contributed by atoms with Gasteiger partial charge in [-0.2, -0.15) is 5.10 Å². The highest BCUT2D eigenvalue weighted by molar-refractivity contribution is 5.50. The molecule has 8 heteroatoms. The molecule has 0 radical (unpaired) electrons. The molecule has 0 spiro atoms. The lowest BCUT2D eigenvalue weighted by Crippen LogP contribution is -2.28. The van der Waals surface area contributed by atoms with Gasteiger partial charge in [0.2, 0.25) is 0 Å². The summed E-state index contributed by atoms with van der Waals surface area (Å²) < 4.78 is 6.26. The molecule has 1 N–H and O–H groups in total. The fourth-order valence-electron chi connectivity index (χ4n) is 3.61. The number of nitrogens with zero attached hydrogens (tertiary/aromatic N) is 7. The van der Waals surface area contributed by atoms with E-state index in [1.807, 2.05) is 18.5 Å². The summed E-state index contributed by atoms with van der Waals surface area (Å²) in [4.78, 5) is 4.54. The smallest absolute Gasteiger partial charge is 0.160 e. The Kier molecular flexibility index (Phi) is 4.46. The molecule has 0 fully saturated rings. The molecular formula is C20H22N8. The molecule has 0 bridgehead atoms. The summed E-state index contributed by atoms with van der Waals surface area (Å²) in [6.45, 7) is 4.16. The average molecular weight is 374 g/mol. The third-order valence-electron chi connectivity index (χ3n) is 5.11. The van der Waals surface area contributed by atoms with E-state index in [2.05, 4.69) is 64.6 Å². The number of fused-ring (bicyclic) bond motifs is 1.